The molecular weight excluding hydrogens is 225 g/mol. The predicted molar refractivity (Wildman–Crippen MR) is 66.5 cm³/mol. The fraction of sp³-hybridized carbons (Fsp3) is 0.538. The van der Waals surface area contributed by atoms with E-state index in [4.69, 9.17) is 11.6 Å². The number of hydrogen-bond donors (Lipinski definition) is 1. The maximum Gasteiger partial charge on any atom is 0.143 e. The average Bonchev–Trinajstić information content (AvgIpc) is 2.18. The van der Waals surface area contributed by atoms with E-state index in [2.05, 4.69) is 12.2 Å². The Balaban J connectivity index is 1.89. The third-order valence-electron chi connectivity index (χ3n) is 3.24. The van der Waals surface area contributed by atoms with Crippen molar-refractivity contribution < 1.29 is 4.39 Å². The van der Waals surface area contributed by atoms with E-state index in [1.807, 2.05) is 6.07 Å². The van der Waals surface area contributed by atoms with Gasteiger partial charge in [0, 0.05) is 11.7 Å². The van der Waals surface area contributed by atoms with Gasteiger partial charge in [0.05, 0.1) is 5.02 Å². The van der Waals surface area contributed by atoms with E-state index >= 15 is 0 Å². The van der Waals surface area contributed by atoms with Gasteiger partial charge < -0.3 is 5.32 Å². The second-order valence-electron chi connectivity index (χ2n) is 4.71. The van der Waals surface area contributed by atoms with Crippen LogP contribution in [0.5, 0.6) is 0 Å². The van der Waals surface area contributed by atoms with E-state index in [1.54, 1.807) is 6.07 Å². The highest BCUT2D eigenvalue weighted by Crippen LogP contribution is 2.31. The van der Waals surface area contributed by atoms with Crippen molar-refractivity contribution in [2.75, 3.05) is 5.32 Å². The van der Waals surface area contributed by atoms with Crippen LogP contribution >= 0.6 is 11.6 Å². The molecule has 0 saturated heterocycles. The Morgan fingerprint density at radius 1 is 1.50 bits per heavy atom. The van der Waals surface area contributed by atoms with Crippen molar-refractivity contribution in [3.05, 3.63) is 29.0 Å². The highest BCUT2D eigenvalue weighted by Gasteiger charge is 2.19. The fourth-order valence-corrected chi connectivity index (χ4v) is 2.28. The highest BCUT2D eigenvalue weighted by atomic mass is 35.5. The van der Waals surface area contributed by atoms with Gasteiger partial charge in [0.25, 0.3) is 0 Å². The average molecular weight is 242 g/mol. The Labute approximate surface area is 101 Å². The van der Waals surface area contributed by atoms with Crippen molar-refractivity contribution >= 4 is 17.3 Å². The Bertz CT molecular complexity index is 363. The molecule has 16 heavy (non-hydrogen) atoms. The Hall–Kier alpha value is -0.760. The van der Waals surface area contributed by atoms with Crippen LogP contribution in [0.3, 0.4) is 0 Å². The summed E-state index contributed by atoms with van der Waals surface area (Å²) in [5.74, 6) is 0.502. The lowest BCUT2D eigenvalue weighted by atomic mass is 9.81. The van der Waals surface area contributed by atoms with Gasteiger partial charge in [-0.1, -0.05) is 30.9 Å². The molecule has 0 spiro atoms. The van der Waals surface area contributed by atoms with Gasteiger partial charge in [-0.3, -0.25) is 0 Å². The minimum atomic E-state index is -0.359. The molecular formula is C13H17ClFN. The Morgan fingerprint density at radius 3 is 2.81 bits per heavy atom. The zero-order chi connectivity index (χ0) is 11.5. The second-order valence-corrected chi connectivity index (χ2v) is 5.11. The summed E-state index contributed by atoms with van der Waals surface area (Å²) in [6, 6.07) is 5.27. The smallest absolute Gasteiger partial charge is 0.143 e. The summed E-state index contributed by atoms with van der Waals surface area (Å²) in [5.41, 5.74) is 0.814. The predicted octanol–water partition coefficient (Wildman–Crippen LogP) is 4.47. The summed E-state index contributed by atoms with van der Waals surface area (Å²) in [6.07, 6.45) is 5.24. The molecule has 88 valence electrons. The largest absolute Gasteiger partial charge is 0.382 e. The molecule has 1 saturated carbocycles. The summed E-state index contributed by atoms with van der Waals surface area (Å²) in [6.45, 7) is 2.14. The minimum Gasteiger partial charge on any atom is -0.382 e. The second kappa shape index (κ2) is 5.05. The van der Waals surface area contributed by atoms with Gasteiger partial charge in [0.15, 0.2) is 0 Å². The first-order valence-electron chi connectivity index (χ1n) is 5.87. The van der Waals surface area contributed by atoms with E-state index in [9.17, 15) is 4.39 Å². The molecule has 1 aromatic carbocycles. The number of benzene rings is 1. The summed E-state index contributed by atoms with van der Waals surface area (Å²) in [4.78, 5) is 0. The standard InChI is InChI=1S/C13H17ClFN/c1-9(7-10-3-2-4-10)16-11-5-6-12(14)13(15)8-11/h5-6,8-10,16H,2-4,7H2,1H3. The van der Waals surface area contributed by atoms with Crippen LogP contribution in [0.1, 0.15) is 32.6 Å². The first-order chi connectivity index (χ1) is 7.65. The number of hydrogen-bond acceptors (Lipinski definition) is 1. The van der Waals surface area contributed by atoms with Crippen LogP contribution in [0.25, 0.3) is 0 Å². The number of halogens is 2. The Morgan fingerprint density at radius 2 is 2.25 bits per heavy atom. The van der Waals surface area contributed by atoms with Crippen molar-refractivity contribution in [1.82, 2.24) is 0 Å². The molecule has 1 unspecified atom stereocenters. The fourth-order valence-electron chi connectivity index (χ4n) is 2.16. The molecule has 1 aliphatic carbocycles. The quantitative estimate of drug-likeness (QED) is 0.820. The third kappa shape index (κ3) is 2.88. The van der Waals surface area contributed by atoms with Crippen molar-refractivity contribution in [1.29, 1.82) is 0 Å². The molecule has 0 bridgehead atoms. The molecule has 0 radical (unpaired) electrons. The first kappa shape index (κ1) is 11.7. The van der Waals surface area contributed by atoms with Crippen LogP contribution < -0.4 is 5.32 Å². The molecule has 0 amide bonds. The van der Waals surface area contributed by atoms with Gasteiger partial charge in [0.1, 0.15) is 5.82 Å². The molecule has 0 heterocycles. The van der Waals surface area contributed by atoms with Crippen LogP contribution in [0.4, 0.5) is 10.1 Å². The molecule has 1 aliphatic rings. The Kier molecular flexibility index (Phi) is 3.70. The van der Waals surface area contributed by atoms with E-state index in [0.29, 0.717) is 6.04 Å². The monoisotopic (exact) mass is 241 g/mol. The highest BCUT2D eigenvalue weighted by molar-refractivity contribution is 6.30. The van der Waals surface area contributed by atoms with Crippen LogP contribution in [0.15, 0.2) is 18.2 Å². The number of rotatable bonds is 4. The molecule has 1 atom stereocenters. The zero-order valence-electron chi connectivity index (χ0n) is 9.47. The molecule has 0 aliphatic heterocycles. The lowest BCUT2D eigenvalue weighted by Gasteiger charge is -2.28. The van der Waals surface area contributed by atoms with Crippen molar-refractivity contribution in [2.24, 2.45) is 5.92 Å². The summed E-state index contributed by atoms with van der Waals surface area (Å²) in [5, 5.41) is 3.49. The van der Waals surface area contributed by atoms with E-state index in [-0.39, 0.29) is 10.8 Å². The molecule has 1 N–H and O–H groups in total. The van der Waals surface area contributed by atoms with Crippen LogP contribution in [0.2, 0.25) is 5.02 Å². The van der Waals surface area contributed by atoms with Crippen LogP contribution in [-0.4, -0.2) is 6.04 Å². The topological polar surface area (TPSA) is 12.0 Å². The van der Waals surface area contributed by atoms with Crippen molar-refractivity contribution in [3.63, 3.8) is 0 Å². The minimum absolute atomic E-state index is 0.178. The lowest BCUT2D eigenvalue weighted by molar-refractivity contribution is 0.286. The van der Waals surface area contributed by atoms with Gasteiger partial charge in [-0.2, -0.15) is 0 Å². The summed E-state index contributed by atoms with van der Waals surface area (Å²) < 4.78 is 13.2. The summed E-state index contributed by atoms with van der Waals surface area (Å²) in [7, 11) is 0. The van der Waals surface area contributed by atoms with Crippen LogP contribution in [-0.2, 0) is 0 Å². The normalized spacial score (nSPS) is 17.9. The van der Waals surface area contributed by atoms with Crippen LogP contribution in [0, 0.1) is 11.7 Å². The molecule has 1 fully saturated rings. The third-order valence-corrected chi connectivity index (χ3v) is 3.55. The molecule has 1 aromatic rings. The maximum absolute atomic E-state index is 13.2. The molecule has 2 rings (SSSR count). The van der Waals surface area contributed by atoms with Gasteiger partial charge >= 0.3 is 0 Å². The van der Waals surface area contributed by atoms with Gasteiger partial charge in [-0.15, -0.1) is 0 Å². The lowest BCUT2D eigenvalue weighted by Crippen LogP contribution is -2.23. The van der Waals surface area contributed by atoms with Gasteiger partial charge in [-0.25, -0.2) is 4.39 Å². The van der Waals surface area contributed by atoms with E-state index < -0.39 is 0 Å². The van der Waals surface area contributed by atoms with Crippen molar-refractivity contribution in [3.8, 4) is 0 Å². The van der Waals surface area contributed by atoms with Crippen molar-refractivity contribution in [2.45, 2.75) is 38.6 Å². The first-order valence-corrected chi connectivity index (χ1v) is 6.24. The molecule has 3 heteroatoms. The summed E-state index contributed by atoms with van der Waals surface area (Å²) >= 11 is 5.63. The number of anilines is 1. The van der Waals surface area contributed by atoms with Gasteiger partial charge in [-0.05, 0) is 37.5 Å². The zero-order valence-corrected chi connectivity index (χ0v) is 10.2. The maximum atomic E-state index is 13.2. The SMILES string of the molecule is CC(CC1CCC1)Nc1ccc(Cl)c(F)c1. The number of nitrogens with one attached hydrogen (secondary N) is 1. The van der Waals surface area contributed by atoms with E-state index in [1.165, 1.54) is 31.7 Å². The van der Waals surface area contributed by atoms with E-state index in [0.717, 1.165) is 11.6 Å². The van der Waals surface area contributed by atoms with Gasteiger partial charge in [0.2, 0.25) is 0 Å². The molecule has 0 aromatic heterocycles. The molecule has 1 nitrogen and oxygen atoms in total.